The van der Waals surface area contributed by atoms with Gasteiger partial charge in [0.1, 0.15) is 5.69 Å². The zero-order valence-electron chi connectivity index (χ0n) is 11.3. The number of hydrogen-bond donors (Lipinski definition) is 2. The molecule has 1 fully saturated rings. The molecule has 2 rings (SSSR count). The van der Waals surface area contributed by atoms with Gasteiger partial charge in [0, 0.05) is 11.6 Å². The van der Waals surface area contributed by atoms with Crippen LogP contribution in [0.1, 0.15) is 26.7 Å². The Hall–Kier alpha value is -1.67. The molecule has 20 heavy (non-hydrogen) atoms. The van der Waals surface area contributed by atoms with E-state index in [0.717, 1.165) is 25.0 Å². The lowest BCUT2D eigenvalue weighted by Gasteiger charge is -2.25. The average molecular weight is 299 g/mol. The van der Waals surface area contributed by atoms with E-state index in [1.165, 1.54) is 6.07 Å². The van der Waals surface area contributed by atoms with Crippen molar-refractivity contribution in [3.05, 3.63) is 28.3 Å². The maximum atomic E-state index is 12.3. The van der Waals surface area contributed by atoms with Crippen molar-refractivity contribution in [1.29, 1.82) is 0 Å². The molecule has 7 nitrogen and oxygen atoms in total. The van der Waals surface area contributed by atoms with Crippen LogP contribution in [0.25, 0.3) is 0 Å². The van der Waals surface area contributed by atoms with Crippen LogP contribution in [0.15, 0.2) is 23.1 Å². The third-order valence-electron chi connectivity index (χ3n) is 3.50. The monoisotopic (exact) mass is 299 g/mol. The largest absolute Gasteiger partial charge is 0.393 e. The van der Waals surface area contributed by atoms with Gasteiger partial charge in [-0.25, -0.2) is 13.1 Å². The maximum absolute atomic E-state index is 12.3. The minimum absolute atomic E-state index is 0.0608. The van der Waals surface area contributed by atoms with Gasteiger partial charge in [0.05, 0.1) is 9.82 Å². The summed E-state index contributed by atoms with van der Waals surface area (Å²) in [6.07, 6.45) is 2.00. The predicted octanol–water partition coefficient (Wildman–Crippen LogP) is 1.64. The molecule has 1 aliphatic carbocycles. The number of sulfonamides is 1. The molecule has 0 heterocycles. The third kappa shape index (κ3) is 2.91. The van der Waals surface area contributed by atoms with E-state index in [4.69, 9.17) is 5.73 Å². The Labute approximate surface area is 117 Å². The first-order valence-electron chi connectivity index (χ1n) is 6.21. The number of nitrogens with one attached hydrogen (secondary N) is 1. The van der Waals surface area contributed by atoms with Gasteiger partial charge >= 0.3 is 0 Å². The fraction of sp³-hybridized carbons (Fsp3) is 0.500. The SMILES string of the molecule is CC(C)(NS(=O)(=O)c1ccc([N+](=O)[O-])c(N)c1)C1CC1. The second-order valence-electron chi connectivity index (χ2n) is 5.58. The Morgan fingerprint density at radius 3 is 2.45 bits per heavy atom. The Balaban J connectivity index is 2.30. The van der Waals surface area contributed by atoms with Crippen LogP contribution < -0.4 is 10.5 Å². The van der Waals surface area contributed by atoms with Gasteiger partial charge in [-0.3, -0.25) is 10.1 Å². The Bertz CT molecular complexity index is 651. The highest BCUT2D eigenvalue weighted by molar-refractivity contribution is 7.89. The van der Waals surface area contributed by atoms with Crippen molar-refractivity contribution in [3.63, 3.8) is 0 Å². The summed E-state index contributed by atoms with van der Waals surface area (Å²) in [7, 11) is -3.74. The predicted molar refractivity (Wildman–Crippen MR) is 74.6 cm³/mol. The summed E-state index contributed by atoms with van der Waals surface area (Å²) in [6.45, 7) is 3.66. The second-order valence-corrected chi connectivity index (χ2v) is 7.26. The number of nitrogens with zero attached hydrogens (tertiary/aromatic N) is 1. The number of nitro groups is 1. The van der Waals surface area contributed by atoms with E-state index in [0.29, 0.717) is 5.92 Å². The van der Waals surface area contributed by atoms with Gasteiger partial charge in [-0.1, -0.05) is 0 Å². The highest BCUT2D eigenvalue weighted by Gasteiger charge is 2.40. The van der Waals surface area contributed by atoms with Crippen LogP contribution in [0.5, 0.6) is 0 Å². The lowest BCUT2D eigenvalue weighted by molar-refractivity contribution is -0.383. The molecule has 0 radical (unpaired) electrons. The average Bonchev–Trinajstić information content (AvgIpc) is 3.10. The Kier molecular flexibility index (Phi) is 3.47. The molecule has 0 aliphatic heterocycles. The molecule has 0 saturated heterocycles. The third-order valence-corrected chi connectivity index (χ3v) is 5.17. The number of nitro benzene ring substituents is 1. The minimum Gasteiger partial charge on any atom is -0.393 e. The van der Waals surface area contributed by atoms with Crippen LogP contribution >= 0.6 is 0 Å². The van der Waals surface area contributed by atoms with Crippen LogP contribution in [0.3, 0.4) is 0 Å². The fourth-order valence-corrected chi connectivity index (χ4v) is 3.67. The number of benzene rings is 1. The van der Waals surface area contributed by atoms with Gasteiger partial charge in [-0.2, -0.15) is 0 Å². The van der Waals surface area contributed by atoms with Gasteiger partial charge in [0.25, 0.3) is 5.69 Å². The van der Waals surface area contributed by atoms with Crippen LogP contribution in [-0.2, 0) is 10.0 Å². The van der Waals surface area contributed by atoms with Crippen molar-refractivity contribution in [1.82, 2.24) is 4.72 Å². The summed E-state index contributed by atoms with van der Waals surface area (Å²) in [5, 5.41) is 10.7. The molecule has 0 spiro atoms. The van der Waals surface area contributed by atoms with E-state index in [9.17, 15) is 18.5 Å². The van der Waals surface area contributed by atoms with E-state index in [-0.39, 0.29) is 16.3 Å². The summed E-state index contributed by atoms with van der Waals surface area (Å²) in [5.41, 5.74) is 4.52. The summed E-state index contributed by atoms with van der Waals surface area (Å²) < 4.78 is 27.2. The molecule has 0 atom stereocenters. The number of rotatable bonds is 5. The molecule has 110 valence electrons. The van der Waals surface area contributed by atoms with Crippen molar-refractivity contribution in [2.45, 2.75) is 37.1 Å². The van der Waals surface area contributed by atoms with Gasteiger partial charge < -0.3 is 5.73 Å². The summed E-state index contributed by atoms with van der Waals surface area (Å²) in [4.78, 5) is 9.96. The first kappa shape index (κ1) is 14.7. The van der Waals surface area contributed by atoms with E-state index >= 15 is 0 Å². The topological polar surface area (TPSA) is 115 Å². The molecule has 3 N–H and O–H groups in total. The van der Waals surface area contributed by atoms with Crippen molar-refractivity contribution in [3.8, 4) is 0 Å². The van der Waals surface area contributed by atoms with Gasteiger partial charge in [-0.15, -0.1) is 0 Å². The van der Waals surface area contributed by atoms with Crippen LogP contribution in [0.2, 0.25) is 0 Å². The summed E-state index contributed by atoms with van der Waals surface area (Å²) >= 11 is 0. The highest BCUT2D eigenvalue weighted by atomic mass is 32.2. The van der Waals surface area contributed by atoms with Crippen molar-refractivity contribution in [2.75, 3.05) is 5.73 Å². The van der Waals surface area contributed by atoms with Crippen LogP contribution in [-0.4, -0.2) is 18.9 Å². The van der Waals surface area contributed by atoms with Crippen molar-refractivity contribution >= 4 is 21.4 Å². The van der Waals surface area contributed by atoms with E-state index in [1.807, 2.05) is 13.8 Å². The zero-order chi connectivity index (χ0) is 15.1. The number of hydrogen-bond acceptors (Lipinski definition) is 5. The number of nitrogens with two attached hydrogens (primary N) is 1. The molecule has 0 aromatic heterocycles. The smallest absolute Gasteiger partial charge is 0.292 e. The lowest BCUT2D eigenvalue weighted by Crippen LogP contribution is -2.45. The second kappa shape index (κ2) is 4.71. The summed E-state index contributed by atoms with van der Waals surface area (Å²) in [6, 6.07) is 3.41. The molecule has 1 saturated carbocycles. The first-order chi connectivity index (χ1) is 9.13. The standard InChI is InChI=1S/C12H17N3O4S/c1-12(2,8-3-4-8)14-20(18,19)9-5-6-11(15(16)17)10(13)7-9/h5-8,14H,3-4,13H2,1-2H3. The molecule has 1 aromatic rings. The van der Waals surface area contributed by atoms with Gasteiger partial charge in [0.15, 0.2) is 0 Å². The van der Waals surface area contributed by atoms with E-state index < -0.39 is 20.5 Å². The molecular formula is C12H17N3O4S. The zero-order valence-corrected chi connectivity index (χ0v) is 12.1. The number of nitrogen functional groups attached to an aromatic ring is 1. The molecule has 0 unspecified atom stereocenters. The lowest BCUT2D eigenvalue weighted by atomic mass is 10.0. The quantitative estimate of drug-likeness (QED) is 0.487. The molecule has 0 amide bonds. The Morgan fingerprint density at radius 2 is 2.00 bits per heavy atom. The minimum atomic E-state index is -3.74. The maximum Gasteiger partial charge on any atom is 0.292 e. The first-order valence-corrected chi connectivity index (χ1v) is 7.70. The fourth-order valence-electron chi connectivity index (χ4n) is 2.16. The molecule has 0 bridgehead atoms. The summed E-state index contributed by atoms with van der Waals surface area (Å²) in [5.74, 6) is 0.327. The number of anilines is 1. The van der Waals surface area contributed by atoms with Crippen molar-refractivity contribution < 1.29 is 13.3 Å². The highest BCUT2D eigenvalue weighted by Crippen LogP contribution is 2.40. The van der Waals surface area contributed by atoms with E-state index in [1.54, 1.807) is 0 Å². The Morgan fingerprint density at radius 1 is 1.40 bits per heavy atom. The van der Waals surface area contributed by atoms with Crippen LogP contribution in [0, 0.1) is 16.0 Å². The van der Waals surface area contributed by atoms with Gasteiger partial charge in [-0.05, 0) is 44.7 Å². The molecular weight excluding hydrogens is 282 g/mol. The normalized spacial score (nSPS) is 16.1. The molecule has 8 heteroatoms. The van der Waals surface area contributed by atoms with Gasteiger partial charge in [0.2, 0.25) is 10.0 Å². The molecule has 1 aliphatic rings. The molecule has 1 aromatic carbocycles. The van der Waals surface area contributed by atoms with Crippen molar-refractivity contribution in [2.24, 2.45) is 5.92 Å². The van der Waals surface area contributed by atoms with Crippen LogP contribution in [0.4, 0.5) is 11.4 Å². The van der Waals surface area contributed by atoms with E-state index in [2.05, 4.69) is 4.72 Å².